The van der Waals surface area contributed by atoms with Crippen LogP contribution in [-0.4, -0.2) is 23.6 Å². The normalized spacial score (nSPS) is 18.3. The number of fused-ring (bicyclic) bond motifs is 1. The molecular formula is C13H14ClN3OS. The van der Waals surface area contributed by atoms with Gasteiger partial charge in [-0.15, -0.1) is 11.3 Å². The van der Waals surface area contributed by atoms with Crippen LogP contribution in [0.4, 0.5) is 5.82 Å². The number of aromatic nitrogens is 2. The number of methoxy groups -OCH3 is 1. The van der Waals surface area contributed by atoms with Gasteiger partial charge in [-0.1, -0.05) is 11.6 Å². The number of hydrogen-bond donors (Lipinski definition) is 0. The molecule has 2 aromatic rings. The molecule has 0 radical (unpaired) electrons. The Morgan fingerprint density at radius 3 is 3.11 bits per heavy atom. The molecule has 0 saturated carbocycles. The zero-order chi connectivity index (χ0) is 13.4. The van der Waals surface area contributed by atoms with E-state index in [4.69, 9.17) is 16.3 Å². The maximum atomic E-state index is 6.07. The third-order valence-corrected chi connectivity index (χ3v) is 4.76. The van der Waals surface area contributed by atoms with Gasteiger partial charge >= 0.3 is 0 Å². The minimum atomic E-state index is 0.273. The van der Waals surface area contributed by atoms with Crippen molar-refractivity contribution in [1.82, 2.24) is 9.97 Å². The quantitative estimate of drug-likeness (QED) is 0.797. The second kappa shape index (κ2) is 4.98. The molecule has 0 spiro atoms. The molecule has 3 heterocycles. The maximum absolute atomic E-state index is 6.07. The molecular weight excluding hydrogens is 282 g/mol. The second-order valence-electron chi connectivity index (χ2n) is 4.44. The zero-order valence-corrected chi connectivity index (χ0v) is 12.3. The van der Waals surface area contributed by atoms with E-state index in [-0.39, 0.29) is 6.04 Å². The average Bonchev–Trinajstić information content (AvgIpc) is 2.88. The third kappa shape index (κ3) is 2.07. The highest BCUT2D eigenvalue weighted by Crippen LogP contribution is 2.40. The van der Waals surface area contributed by atoms with Crippen LogP contribution in [0.2, 0.25) is 5.15 Å². The van der Waals surface area contributed by atoms with Gasteiger partial charge in [-0.25, -0.2) is 9.97 Å². The highest BCUT2D eigenvalue weighted by molar-refractivity contribution is 7.10. The van der Waals surface area contributed by atoms with Gasteiger partial charge < -0.3 is 9.64 Å². The van der Waals surface area contributed by atoms with Gasteiger partial charge in [0.15, 0.2) is 16.7 Å². The molecule has 0 aliphatic carbocycles. The first kappa shape index (κ1) is 12.7. The molecule has 1 aliphatic heterocycles. The van der Waals surface area contributed by atoms with Crippen LogP contribution >= 0.6 is 22.9 Å². The predicted octanol–water partition coefficient (Wildman–Crippen LogP) is 3.32. The Morgan fingerprint density at radius 1 is 1.47 bits per heavy atom. The van der Waals surface area contributed by atoms with E-state index in [9.17, 15) is 0 Å². The zero-order valence-electron chi connectivity index (χ0n) is 10.8. The molecule has 3 rings (SSSR count). The lowest BCUT2D eigenvalue weighted by molar-refractivity contribution is 0.408. The Bertz CT molecular complexity index is 601. The fourth-order valence-corrected chi connectivity index (χ4v) is 3.69. The summed E-state index contributed by atoms with van der Waals surface area (Å²) >= 11 is 7.90. The first-order valence-electron chi connectivity index (χ1n) is 6.09. The van der Waals surface area contributed by atoms with Gasteiger partial charge in [-0.05, 0) is 30.4 Å². The summed E-state index contributed by atoms with van der Waals surface area (Å²) < 4.78 is 5.35. The fraction of sp³-hybridized carbons (Fsp3) is 0.385. The summed E-state index contributed by atoms with van der Waals surface area (Å²) in [6.07, 6.45) is 2.51. The van der Waals surface area contributed by atoms with Crippen LogP contribution in [0.5, 0.6) is 5.75 Å². The molecule has 19 heavy (non-hydrogen) atoms. The molecule has 0 amide bonds. The van der Waals surface area contributed by atoms with Crippen molar-refractivity contribution < 1.29 is 4.74 Å². The van der Waals surface area contributed by atoms with Gasteiger partial charge in [0.2, 0.25) is 0 Å². The van der Waals surface area contributed by atoms with Crippen molar-refractivity contribution >= 4 is 28.8 Å². The number of nitrogens with zero attached hydrogens (tertiary/aromatic N) is 3. The summed E-state index contributed by atoms with van der Waals surface area (Å²) in [4.78, 5) is 12.0. The maximum Gasteiger partial charge on any atom is 0.199 e. The van der Waals surface area contributed by atoms with Crippen molar-refractivity contribution in [3.63, 3.8) is 0 Å². The number of hydrogen-bond acceptors (Lipinski definition) is 5. The highest BCUT2D eigenvalue weighted by Gasteiger charge is 2.28. The van der Waals surface area contributed by atoms with E-state index >= 15 is 0 Å². The Kier molecular flexibility index (Phi) is 3.33. The first-order valence-corrected chi connectivity index (χ1v) is 7.35. The van der Waals surface area contributed by atoms with E-state index in [2.05, 4.69) is 33.2 Å². The molecule has 1 aliphatic rings. The molecule has 0 N–H and O–H groups in total. The number of rotatable bonds is 2. The van der Waals surface area contributed by atoms with Crippen molar-refractivity contribution in [2.75, 3.05) is 18.6 Å². The SMILES string of the molecule is COc1c(Cl)ncnc1N1CCc2sccc2C1C. The van der Waals surface area contributed by atoms with Crippen molar-refractivity contribution in [3.05, 3.63) is 33.4 Å². The number of anilines is 1. The Labute approximate surface area is 121 Å². The van der Waals surface area contributed by atoms with Crippen LogP contribution in [0, 0.1) is 0 Å². The summed E-state index contributed by atoms with van der Waals surface area (Å²) in [6.45, 7) is 3.10. The van der Waals surface area contributed by atoms with Crippen LogP contribution in [0.25, 0.3) is 0 Å². The van der Waals surface area contributed by atoms with Gasteiger partial charge in [0, 0.05) is 11.4 Å². The highest BCUT2D eigenvalue weighted by atomic mass is 35.5. The summed E-state index contributed by atoms with van der Waals surface area (Å²) in [5.74, 6) is 1.32. The van der Waals surface area contributed by atoms with Gasteiger partial charge in [0.1, 0.15) is 6.33 Å². The topological polar surface area (TPSA) is 38.3 Å². The van der Waals surface area contributed by atoms with Crippen LogP contribution in [0.1, 0.15) is 23.4 Å². The van der Waals surface area contributed by atoms with Crippen LogP contribution < -0.4 is 9.64 Å². The minimum Gasteiger partial charge on any atom is -0.490 e. The smallest absolute Gasteiger partial charge is 0.199 e. The van der Waals surface area contributed by atoms with E-state index < -0.39 is 0 Å². The molecule has 4 nitrogen and oxygen atoms in total. The molecule has 1 atom stereocenters. The van der Waals surface area contributed by atoms with Gasteiger partial charge in [0.05, 0.1) is 13.2 Å². The van der Waals surface area contributed by atoms with Crippen molar-refractivity contribution in [2.24, 2.45) is 0 Å². The van der Waals surface area contributed by atoms with Gasteiger partial charge in [-0.2, -0.15) is 0 Å². The Morgan fingerprint density at radius 2 is 2.32 bits per heavy atom. The third-order valence-electron chi connectivity index (χ3n) is 3.49. The lowest BCUT2D eigenvalue weighted by Crippen LogP contribution is -2.34. The summed E-state index contributed by atoms with van der Waals surface area (Å²) in [5.41, 5.74) is 1.37. The van der Waals surface area contributed by atoms with Crippen molar-refractivity contribution in [3.8, 4) is 5.75 Å². The standard InChI is InChI=1S/C13H14ClN3OS/c1-8-9-4-6-19-10(9)3-5-17(8)13-11(18-2)12(14)15-7-16-13/h4,6-8H,3,5H2,1-2H3. The largest absolute Gasteiger partial charge is 0.490 e. The van der Waals surface area contributed by atoms with Crippen molar-refractivity contribution in [1.29, 1.82) is 0 Å². The molecule has 6 heteroatoms. The second-order valence-corrected chi connectivity index (χ2v) is 5.80. The molecule has 0 fully saturated rings. The first-order chi connectivity index (χ1) is 9.22. The van der Waals surface area contributed by atoms with Crippen LogP contribution in [-0.2, 0) is 6.42 Å². The lowest BCUT2D eigenvalue weighted by Gasteiger charge is -2.35. The Balaban J connectivity index is 2.02. The number of halogens is 1. The van der Waals surface area contributed by atoms with Gasteiger partial charge in [0.25, 0.3) is 0 Å². The number of ether oxygens (including phenoxy) is 1. The summed E-state index contributed by atoms with van der Waals surface area (Å²) in [7, 11) is 1.60. The van der Waals surface area contributed by atoms with E-state index in [1.54, 1.807) is 7.11 Å². The van der Waals surface area contributed by atoms with E-state index in [1.807, 2.05) is 11.3 Å². The molecule has 100 valence electrons. The fourth-order valence-electron chi connectivity index (χ4n) is 2.52. The van der Waals surface area contributed by atoms with E-state index in [1.165, 1.54) is 16.8 Å². The van der Waals surface area contributed by atoms with E-state index in [0.717, 1.165) is 18.8 Å². The van der Waals surface area contributed by atoms with Gasteiger partial charge in [-0.3, -0.25) is 0 Å². The average molecular weight is 296 g/mol. The lowest BCUT2D eigenvalue weighted by atomic mass is 10.0. The molecule has 1 unspecified atom stereocenters. The summed E-state index contributed by atoms with van der Waals surface area (Å²) in [5, 5.41) is 2.50. The van der Waals surface area contributed by atoms with Crippen molar-refractivity contribution in [2.45, 2.75) is 19.4 Å². The Hall–Kier alpha value is -1.33. The monoisotopic (exact) mass is 295 g/mol. The predicted molar refractivity (Wildman–Crippen MR) is 77.4 cm³/mol. The molecule has 0 aromatic carbocycles. The molecule has 2 aromatic heterocycles. The number of thiophene rings is 1. The van der Waals surface area contributed by atoms with Crippen LogP contribution in [0.3, 0.4) is 0 Å². The van der Waals surface area contributed by atoms with Crippen LogP contribution in [0.15, 0.2) is 17.8 Å². The molecule has 0 bridgehead atoms. The summed E-state index contributed by atoms with van der Waals surface area (Å²) in [6, 6.07) is 2.46. The van der Waals surface area contributed by atoms with E-state index in [0.29, 0.717) is 10.9 Å². The molecule has 0 saturated heterocycles. The minimum absolute atomic E-state index is 0.273.